The summed E-state index contributed by atoms with van der Waals surface area (Å²) in [5.74, 6) is 0.567. The second-order valence-corrected chi connectivity index (χ2v) is 6.51. The van der Waals surface area contributed by atoms with Crippen LogP contribution in [0.15, 0.2) is 47.5 Å². The number of fused-ring (bicyclic) bond motifs is 1. The summed E-state index contributed by atoms with van der Waals surface area (Å²) in [4.78, 5) is 37.0. The van der Waals surface area contributed by atoms with Crippen molar-refractivity contribution in [3.63, 3.8) is 0 Å². The van der Waals surface area contributed by atoms with E-state index in [2.05, 4.69) is 30.5 Å². The molecule has 0 saturated heterocycles. The predicted molar refractivity (Wildman–Crippen MR) is 106 cm³/mol. The Bertz CT molecular complexity index is 1240. The first-order valence-electron chi connectivity index (χ1n) is 8.92. The van der Waals surface area contributed by atoms with Gasteiger partial charge in [0.05, 0.1) is 11.6 Å². The summed E-state index contributed by atoms with van der Waals surface area (Å²) in [6, 6.07) is 8.81. The Morgan fingerprint density at radius 1 is 1.17 bits per heavy atom. The molecule has 0 spiro atoms. The van der Waals surface area contributed by atoms with Gasteiger partial charge < -0.3 is 10.1 Å². The Hall–Kier alpha value is -4.01. The molecule has 4 aromatic heterocycles. The lowest BCUT2D eigenvalue weighted by atomic mass is 10.1. The standard InChI is InChI=1S/C20H18N6O3/c1-11-8-15(24-17-16(11)19(28)26-25-17)18(27)23-9-13-4-3-7-21-20(13)29-14-6-5-12(2)22-10-14/h3-8,10H,9H2,1-2H3,(H,23,27)(H2,24,25,26,28). The highest BCUT2D eigenvalue weighted by atomic mass is 16.5. The summed E-state index contributed by atoms with van der Waals surface area (Å²) in [5, 5.41) is 8.40. The Morgan fingerprint density at radius 3 is 2.83 bits per heavy atom. The summed E-state index contributed by atoms with van der Waals surface area (Å²) in [5.41, 5.74) is 2.54. The Kier molecular flexibility index (Phi) is 4.78. The number of pyridine rings is 3. The molecule has 4 aromatic rings. The van der Waals surface area contributed by atoms with E-state index in [4.69, 9.17) is 4.74 Å². The Balaban J connectivity index is 1.51. The third-order valence-corrected chi connectivity index (χ3v) is 4.36. The number of aromatic amines is 2. The molecule has 0 radical (unpaired) electrons. The molecule has 9 heteroatoms. The van der Waals surface area contributed by atoms with E-state index in [1.54, 1.807) is 37.5 Å². The maximum absolute atomic E-state index is 12.6. The number of hydrogen-bond acceptors (Lipinski definition) is 6. The van der Waals surface area contributed by atoms with Gasteiger partial charge in [0.25, 0.3) is 11.5 Å². The monoisotopic (exact) mass is 390 g/mol. The molecular formula is C20H18N6O3. The highest BCUT2D eigenvalue weighted by Gasteiger charge is 2.14. The van der Waals surface area contributed by atoms with E-state index in [9.17, 15) is 9.59 Å². The fraction of sp³-hybridized carbons (Fsp3) is 0.150. The van der Waals surface area contributed by atoms with E-state index in [1.165, 1.54) is 0 Å². The number of rotatable bonds is 5. The van der Waals surface area contributed by atoms with Gasteiger partial charge in [0.1, 0.15) is 11.4 Å². The first kappa shape index (κ1) is 18.4. The quantitative estimate of drug-likeness (QED) is 0.480. The van der Waals surface area contributed by atoms with Crippen LogP contribution in [0, 0.1) is 13.8 Å². The van der Waals surface area contributed by atoms with Crippen LogP contribution in [0.1, 0.15) is 27.3 Å². The molecule has 3 N–H and O–H groups in total. The summed E-state index contributed by atoms with van der Waals surface area (Å²) in [6.45, 7) is 3.85. The summed E-state index contributed by atoms with van der Waals surface area (Å²) in [6.07, 6.45) is 3.23. The average molecular weight is 390 g/mol. The normalized spacial score (nSPS) is 10.8. The summed E-state index contributed by atoms with van der Waals surface area (Å²) in [7, 11) is 0. The number of nitrogens with zero attached hydrogens (tertiary/aromatic N) is 3. The minimum absolute atomic E-state index is 0.198. The van der Waals surface area contributed by atoms with Crippen LogP contribution >= 0.6 is 0 Å². The van der Waals surface area contributed by atoms with E-state index in [0.29, 0.717) is 33.8 Å². The van der Waals surface area contributed by atoms with Crippen LogP contribution in [0.5, 0.6) is 11.6 Å². The maximum atomic E-state index is 12.6. The first-order chi connectivity index (χ1) is 14.0. The van der Waals surface area contributed by atoms with Gasteiger partial charge in [-0.1, -0.05) is 6.07 Å². The van der Waals surface area contributed by atoms with Crippen molar-refractivity contribution in [2.24, 2.45) is 0 Å². The van der Waals surface area contributed by atoms with Gasteiger partial charge in [0.15, 0.2) is 5.65 Å². The zero-order valence-corrected chi connectivity index (χ0v) is 15.8. The van der Waals surface area contributed by atoms with Gasteiger partial charge in [-0.15, -0.1) is 0 Å². The summed E-state index contributed by atoms with van der Waals surface area (Å²) >= 11 is 0. The minimum atomic E-state index is -0.371. The number of ether oxygens (including phenoxy) is 1. The molecule has 0 atom stereocenters. The molecule has 0 fully saturated rings. The van der Waals surface area contributed by atoms with Gasteiger partial charge in [0.2, 0.25) is 5.88 Å². The maximum Gasteiger partial charge on any atom is 0.273 e. The van der Waals surface area contributed by atoms with E-state index in [-0.39, 0.29) is 23.7 Å². The third kappa shape index (κ3) is 3.84. The lowest BCUT2D eigenvalue weighted by Gasteiger charge is -2.11. The van der Waals surface area contributed by atoms with Crippen molar-refractivity contribution < 1.29 is 9.53 Å². The van der Waals surface area contributed by atoms with Crippen molar-refractivity contribution >= 4 is 16.9 Å². The van der Waals surface area contributed by atoms with Crippen LogP contribution < -0.4 is 15.6 Å². The number of carbonyl (C=O) groups excluding carboxylic acids is 1. The van der Waals surface area contributed by atoms with Crippen molar-refractivity contribution in [2.75, 3.05) is 0 Å². The molecular weight excluding hydrogens is 372 g/mol. The van der Waals surface area contributed by atoms with Crippen LogP contribution in [0.4, 0.5) is 0 Å². The molecule has 29 heavy (non-hydrogen) atoms. The third-order valence-electron chi connectivity index (χ3n) is 4.36. The number of H-pyrrole nitrogens is 2. The van der Waals surface area contributed by atoms with Crippen molar-refractivity contribution in [3.8, 4) is 11.6 Å². The second kappa shape index (κ2) is 7.55. The summed E-state index contributed by atoms with van der Waals surface area (Å²) < 4.78 is 5.80. The molecule has 0 saturated carbocycles. The number of aryl methyl sites for hydroxylation is 2. The van der Waals surface area contributed by atoms with Gasteiger partial charge >= 0.3 is 0 Å². The first-order valence-corrected chi connectivity index (χ1v) is 8.92. The van der Waals surface area contributed by atoms with E-state index in [0.717, 1.165) is 5.69 Å². The Labute approximate surface area is 165 Å². The van der Waals surface area contributed by atoms with Crippen LogP contribution in [-0.4, -0.2) is 31.1 Å². The molecule has 146 valence electrons. The molecule has 4 rings (SSSR count). The highest BCUT2D eigenvalue weighted by molar-refractivity contribution is 5.95. The largest absolute Gasteiger partial charge is 0.437 e. The zero-order valence-electron chi connectivity index (χ0n) is 15.8. The fourth-order valence-electron chi connectivity index (χ4n) is 2.89. The molecule has 0 aliphatic heterocycles. The number of aromatic nitrogens is 5. The molecule has 0 unspecified atom stereocenters. The molecule has 0 aliphatic carbocycles. The van der Waals surface area contributed by atoms with E-state index < -0.39 is 0 Å². The lowest BCUT2D eigenvalue weighted by Crippen LogP contribution is -2.24. The van der Waals surface area contributed by atoms with Gasteiger partial charge in [-0.05, 0) is 43.7 Å². The molecule has 1 amide bonds. The molecule has 9 nitrogen and oxygen atoms in total. The fourth-order valence-corrected chi connectivity index (χ4v) is 2.89. The van der Waals surface area contributed by atoms with Crippen LogP contribution in [0.25, 0.3) is 11.0 Å². The molecule has 0 bridgehead atoms. The predicted octanol–water partition coefficient (Wildman–Crippen LogP) is 2.38. The topological polar surface area (TPSA) is 126 Å². The number of hydrogen-bond donors (Lipinski definition) is 3. The Morgan fingerprint density at radius 2 is 2.03 bits per heavy atom. The van der Waals surface area contributed by atoms with Crippen molar-refractivity contribution in [3.05, 3.63) is 75.6 Å². The smallest absolute Gasteiger partial charge is 0.273 e. The van der Waals surface area contributed by atoms with Gasteiger partial charge in [0, 0.05) is 24.0 Å². The zero-order chi connectivity index (χ0) is 20.4. The minimum Gasteiger partial charge on any atom is -0.437 e. The SMILES string of the molecule is Cc1ccc(Oc2ncccc2CNC(=O)c2cc(C)c3c(=O)[nH][nH]c3n2)cn1. The van der Waals surface area contributed by atoms with Crippen LogP contribution in [-0.2, 0) is 6.54 Å². The van der Waals surface area contributed by atoms with Crippen LogP contribution in [0.2, 0.25) is 0 Å². The van der Waals surface area contributed by atoms with Gasteiger partial charge in [-0.2, -0.15) is 0 Å². The van der Waals surface area contributed by atoms with Gasteiger partial charge in [-0.25, -0.2) is 9.97 Å². The van der Waals surface area contributed by atoms with E-state index >= 15 is 0 Å². The van der Waals surface area contributed by atoms with E-state index in [1.807, 2.05) is 19.1 Å². The number of carbonyl (C=O) groups is 1. The highest BCUT2D eigenvalue weighted by Crippen LogP contribution is 2.22. The van der Waals surface area contributed by atoms with Crippen LogP contribution in [0.3, 0.4) is 0 Å². The molecule has 4 heterocycles. The molecule has 0 aromatic carbocycles. The van der Waals surface area contributed by atoms with Crippen molar-refractivity contribution in [1.82, 2.24) is 30.5 Å². The molecule has 0 aliphatic rings. The van der Waals surface area contributed by atoms with Crippen molar-refractivity contribution in [2.45, 2.75) is 20.4 Å². The average Bonchev–Trinajstić information content (AvgIpc) is 3.10. The second-order valence-electron chi connectivity index (χ2n) is 6.51. The van der Waals surface area contributed by atoms with Crippen molar-refractivity contribution in [1.29, 1.82) is 0 Å². The van der Waals surface area contributed by atoms with Gasteiger partial charge in [-0.3, -0.25) is 24.8 Å². The number of nitrogens with one attached hydrogen (secondary N) is 3. The number of amides is 1. The lowest BCUT2D eigenvalue weighted by molar-refractivity contribution is 0.0946.